The van der Waals surface area contributed by atoms with Crippen molar-refractivity contribution in [1.29, 1.82) is 0 Å². The van der Waals surface area contributed by atoms with Gasteiger partial charge in [0, 0.05) is 24.5 Å². The lowest BCUT2D eigenvalue weighted by molar-refractivity contribution is -0.132. The number of carbonyl (C=O) groups is 1. The number of nitrogens with zero attached hydrogens (tertiary/aromatic N) is 2. The summed E-state index contributed by atoms with van der Waals surface area (Å²) in [5.41, 5.74) is 2.79. The third kappa shape index (κ3) is 2.65. The van der Waals surface area contributed by atoms with Crippen molar-refractivity contribution >= 4 is 16.8 Å². The van der Waals surface area contributed by atoms with Gasteiger partial charge in [-0.1, -0.05) is 18.2 Å². The molecule has 1 aromatic heterocycles. The SMILES string of the molecule is Cc1cc(=O)n(CC(=O)N2CCCCC2)c2c(C)cccc12. The highest BCUT2D eigenvalue weighted by Crippen LogP contribution is 2.20. The molecule has 0 N–H and O–H groups in total. The molecule has 1 aromatic carbocycles. The Balaban J connectivity index is 2.03. The normalized spacial score (nSPS) is 15.3. The predicted molar refractivity (Wildman–Crippen MR) is 88.1 cm³/mol. The van der Waals surface area contributed by atoms with E-state index in [0.29, 0.717) is 0 Å². The Morgan fingerprint density at radius 3 is 2.55 bits per heavy atom. The summed E-state index contributed by atoms with van der Waals surface area (Å²) in [6.07, 6.45) is 3.32. The number of para-hydroxylation sites is 1. The maximum absolute atomic E-state index is 12.5. The largest absolute Gasteiger partial charge is 0.341 e. The quantitative estimate of drug-likeness (QED) is 0.855. The first-order valence-electron chi connectivity index (χ1n) is 7.95. The number of likely N-dealkylation sites (tertiary alicyclic amines) is 1. The molecule has 0 aliphatic carbocycles. The standard InChI is InChI=1S/C18H22N2O2/c1-13-7-6-8-15-14(2)11-16(21)20(18(13)15)12-17(22)19-9-4-3-5-10-19/h6-8,11H,3-5,9-10,12H2,1-2H3. The molecule has 4 heteroatoms. The third-order valence-electron chi connectivity index (χ3n) is 4.54. The summed E-state index contributed by atoms with van der Waals surface area (Å²) in [5, 5.41) is 1.05. The maximum Gasteiger partial charge on any atom is 0.251 e. The number of aromatic nitrogens is 1. The Labute approximate surface area is 130 Å². The molecule has 2 aromatic rings. The smallest absolute Gasteiger partial charge is 0.251 e. The second-order valence-electron chi connectivity index (χ2n) is 6.16. The zero-order valence-corrected chi connectivity index (χ0v) is 13.3. The van der Waals surface area contributed by atoms with Crippen LogP contribution >= 0.6 is 0 Å². The van der Waals surface area contributed by atoms with E-state index in [9.17, 15) is 9.59 Å². The fourth-order valence-corrected chi connectivity index (χ4v) is 3.32. The van der Waals surface area contributed by atoms with Gasteiger partial charge in [-0.3, -0.25) is 14.2 Å². The highest BCUT2D eigenvalue weighted by Gasteiger charge is 2.18. The molecule has 4 nitrogen and oxygen atoms in total. The van der Waals surface area contributed by atoms with Crippen LogP contribution in [0.4, 0.5) is 0 Å². The van der Waals surface area contributed by atoms with Gasteiger partial charge in [0.25, 0.3) is 5.56 Å². The van der Waals surface area contributed by atoms with Crippen molar-refractivity contribution in [3.8, 4) is 0 Å². The molecule has 1 aliphatic heterocycles. The van der Waals surface area contributed by atoms with Crippen LogP contribution in [0.2, 0.25) is 0 Å². The van der Waals surface area contributed by atoms with Crippen LogP contribution in [-0.2, 0) is 11.3 Å². The first-order chi connectivity index (χ1) is 10.6. The van der Waals surface area contributed by atoms with E-state index in [1.54, 1.807) is 10.6 Å². The van der Waals surface area contributed by atoms with Gasteiger partial charge in [-0.2, -0.15) is 0 Å². The Morgan fingerprint density at radius 2 is 1.82 bits per heavy atom. The van der Waals surface area contributed by atoms with E-state index in [4.69, 9.17) is 0 Å². The monoisotopic (exact) mass is 298 g/mol. The Hall–Kier alpha value is -2.10. The molecule has 3 rings (SSSR count). The van der Waals surface area contributed by atoms with E-state index < -0.39 is 0 Å². The summed E-state index contributed by atoms with van der Waals surface area (Å²) in [6, 6.07) is 7.62. The summed E-state index contributed by atoms with van der Waals surface area (Å²) < 4.78 is 1.63. The summed E-state index contributed by atoms with van der Waals surface area (Å²) in [6.45, 7) is 5.70. The Bertz CT molecular complexity index is 770. The van der Waals surface area contributed by atoms with Crippen molar-refractivity contribution in [1.82, 2.24) is 9.47 Å². The molecule has 1 amide bonds. The fraction of sp³-hybridized carbons (Fsp3) is 0.444. The van der Waals surface area contributed by atoms with E-state index in [1.807, 2.05) is 36.9 Å². The molecular formula is C18H22N2O2. The van der Waals surface area contributed by atoms with Gasteiger partial charge in [-0.25, -0.2) is 0 Å². The van der Waals surface area contributed by atoms with E-state index in [-0.39, 0.29) is 18.0 Å². The van der Waals surface area contributed by atoms with Gasteiger partial charge >= 0.3 is 0 Å². The minimum absolute atomic E-state index is 0.0511. The van der Waals surface area contributed by atoms with Crippen molar-refractivity contribution in [3.05, 3.63) is 45.7 Å². The molecule has 0 atom stereocenters. The van der Waals surface area contributed by atoms with Gasteiger partial charge in [0.05, 0.1) is 5.52 Å². The molecule has 22 heavy (non-hydrogen) atoms. The highest BCUT2D eigenvalue weighted by molar-refractivity contribution is 5.87. The summed E-state index contributed by atoms with van der Waals surface area (Å²) in [7, 11) is 0. The van der Waals surface area contributed by atoms with Crippen LogP contribution < -0.4 is 5.56 Å². The van der Waals surface area contributed by atoms with Gasteiger partial charge in [0.15, 0.2) is 0 Å². The zero-order chi connectivity index (χ0) is 15.7. The van der Waals surface area contributed by atoms with Crippen molar-refractivity contribution in [2.45, 2.75) is 39.7 Å². The summed E-state index contributed by atoms with van der Waals surface area (Å²) in [4.78, 5) is 26.8. The van der Waals surface area contributed by atoms with Crippen LogP contribution in [0.1, 0.15) is 30.4 Å². The first kappa shape index (κ1) is 14.8. The molecule has 0 bridgehead atoms. The number of benzene rings is 1. The zero-order valence-electron chi connectivity index (χ0n) is 13.3. The Morgan fingerprint density at radius 1 is 1.09 bits per heavy atom. The Kier molecular flexibility index (Phi) is 4.01. The predicted octanol–water partition coefficient (Wildman–Crippen LogP) is 2.63. The van der Waals surface area contributed by atoms with Crippen LogP contribution in [0.15, 0.2) is 29.1 Å². The number of piperidine rings is 1. The minimum atomic E-state index is -0.0929. The van der Waals surface area contributed by atoms with Crippen molar-refractivity contribution in [2.75, 3.05) is 13.1 Å². The fourth-order valence-electron chi connectivity index (χ4n) is 3.32. The van der Waals surface area contributed by atoms with Crippen LogP contribution in [-0.4, -0.2) is 28.5 Å². The molecule has 0 spiro atoms. The van der Waals surface area contributed by atoms with E-state index in [0.717, 1.165) is 48.0 Å². The number of pyridine rings is 1. The van der Waals surface area contributed by atoms with Gasteiger partial charge < -0.3 is 4.90 Å². The average Bonchev–Trinajstić information content (AvgIpc) is 2.52. The second-order valence-corrected chi connectivity index (χ2v) is 6.16. The molecular weight excluding hydrogens is 276 g/mol. The lowest BCUT2D eigenvalue weighted by Gasteiger charge is -2.27. The number of hydrogen-bond donors (Lipinski definition) is 0. The van der Waals surface area contributed by atoms with Crippen LogP contribution in [0, 0.1) is 13.8 Å². The summed E-state index contributed by atoms with van der Waals surface area (Å²) >= 11 is 0. The van der Waals surface area contributed by atoms with Gasteiger partial charge in [-0.05, 0) is 44.2 Å². The lowest BCUT2D eigenvalue weighted by atomic mass is 10.1. The summed E-state index contributed by atoms with van der Waals surface area (Å²) in [5.74, 6) is 0.0511. The molecule has 2 heterocycles. The molecule has 116 valence electrons. The first-order valence-corrected chi connectivity index (χ1v) is 7.95. The number of carbonyl (C=O) groups excluding carboxylic acids is 1. The average molecular weight is 298 g/mol. The topological polar surface area (TPSA) is 42.3 Å². The molecule has 0 saturated carbocycles. The third-order valence-corrected chi connectivity index (χ3v) is 4.54. The number of aryl methyl sites for hydroxylation is 2. The van der Waals surface area contributed by atoms with Gasteiger partial charge in [-0.15, -0.1) is 0 Å². The highest BCUT2D eigenvalue weighted by atomic mass is 16.2. The number of amides is 1. The number of hydrogen-bond acceptors (Lipinski definition) is 2. The second kappa shape index (κ2) is 5.95. The minimum Gasteiger partial charge on any atom is -0.341 e. The van der Waals surface area contributed by atoms with Crippen LogP contribution in [0.5, 0.6) is 0 Å². The number of rotatable bonds is 2. The molecule has 0 radical (unpaired) electrons. The van der Waals surface area contributed by atoms with Gasteiger partial charge in [0.1, 0.15) is 6.54 Å². The maximum atomic E-state index is 12.5. The lowest BCUT2D eigenvalue weighted by Crippen LogP contribution is -2.39. The van der Waals surface area contributed by atoms with E-state index >= 15 is 0 Å². The van der Waals surface area contributed by atoms with Gasteiger partial charge in [0.2, 0.25) is 5.91 Å². The van der Waals surface area contributed by atoms with E-state index in [2.05, 4.69) is 0 Å². The van der Waals surface area contributed by atoms with Crippen LogP contribution in [0.3, 0.4) is 0 Å². The van der Waals surface area contributed by atoms with E-state index in [1.165, 1.54) is 6.42 Å². The molecule has 1 fully saturated rings. The number of fused-ring (bicyclic) bond motifs is 1. The van der Waals surface area contributed by atoms with Crippen LogP contribution in [0.25, 0.3) is 10.9 Å². The molecule has 0 unspecified atom stereocenters. The van der Waals surface area contributed by atoms with Crippen molar-refractivity contribution < 1.29 is 4.79 Å². The molecule has 1 saturated heterocycles. The molecule has 1 aliphatic rings. The van der Waals surface area contributed by atoms with Crippen molar-refractivity contribution in [2.24, 2.45) is 0 Å². The van der Waals surface area contributed by atoms with Crippen molar-refractivity contribution in [3.63, 3.8) is 0 Å².